The minimum absolute atomic E-state index is 0.480. The molecule has 1 aliphatic heterocycles. The van der Waals surface area contributed by atoms with Crippen molar-refractivity contribution in [3.8, 4) is 0 Å². The average molecular weight is 277 g/mol. The van der Waals surface area contributed by atoms with Crippen LogP contribution in [0.5, 0.6) is 0 Å². The number of rotatable bonds is 4. The van der Waals surface area contributed by atoms with Crippen molar-refractivity contribution in [1.29, 1.82) is 0 Å². The molecule has 1 aromatic rings. The Balaban J connectivity index is 2.12. The van der Waals surface area contributed by atoms with Gasteiger partial charge in [0.15, 0.2) is 0 Å². The summed E-state index contributed by atoms with van der Waals surface area (Å²) in [5.74, 6) is 0. The van der Waals surface area contributed by atoms with Gasteiger partial charge >= 0.3 is 0 Å². The number of benzene rings is 1. The third-order valence-electron chi connectivity index (χ3n) is 4.10. The van der Waals surface area contributed by atoms with E-state index in [0.717, 1.165) is 17.8 Å². The molecule has 1 aliphatic rings. The van der Waals surface area contributed by atoms with Crippen molar-refractivity contribution in [2.24, 2.45) is 5.73 Å². The highest BCUT2D eigenvalue weighted by Crippen LogP contribution is 2.25. The fourth-order valence-electron chi connectivity index (χ4n) is 2.81. The lowest BCUT2D eigenvalue weighted by molar-refractivity contribution is 0.221. The van der Waals surface area contributed by atoms with E-state index in [1.54, 1.807) is 0 Å². The number of anilines is 1. The van der Waals surface area contributed by atoms with Crippen LogP contribution in [0.15, 0.2) is 24.3 Å². The highest BCUT2D eigenvalue weighted by Gasteiger charge is 2.23. The van der Waals surface area contributed by atoms with Gasteiger partial charge in [-0.1, -0.05) is 31.3 Å². The Labute approximate surface area is 121 Å². The Morgan fingerprint density at radius 2 is 2.00 bits per heavy atom. The summed E-state index contributed by atoms with van der Waals surface area (Å²) >= 11 is 5.15. The molecule has 0 aliphatic carbocycles. The molecule has 2 rings (SSSR count). The number of hydrogen-bond acceptors (Lipinski definition) is 3. The predicted octanol–water partition coefficient (Wildman–Crippen LogP) is 2.24. The van der Waals surface area contributed by atoms with Crippen LogP contribution in [0.2, 0.25) is 0 Å². The second kappa shape index (κ2) is 6.35. The molecule has 1 saturated heterocycles. The van der Waals surface area contributed by atoms with Gasteiger partial charge in [-0.15, -0.1) is 0 Å². The number of likely N-dealkylation sites (tertiary alicyclic amines) is 1. The number of nitrogens with zero attached hydrogens (tertiary/aromatic N) is 2. The lowest BCUT2D eigenvalue weighted by Gasteiger charge is -2.38. The summed E-state index contributed by atoms with van der Waals surface area (Å²) < 4.78 is 0. The van der Waals surface area contributed by atoms with Crippen molar-refractivity contribution < 1.29 is 0 Å². The van der Waals surface area contributed by atoms with Gasteiger partial charge in [-0.2, -0.15) is 0 Å². The third kappa shape index (κ3) is 3.25. The van der Waals surface area contributed by atoms with E-state index >= 15 is 0 Å². The van der Waals surface area contributed by atoms with Crippen LogP contribution < -0.4 is 10.6 Å². The Morgan fingerprint density at radius 3 is 2.58 bits per heavy atom. The Kier molecular flexibility index (Phi) is 4.77. The zero-order chi connectivity index (χ0) is 13.8. The molecule has 1 heterocycles. The predicted molar refractivity (Wildman–Crippen MR) is 85.9 cm³/mol. The largest absolute Gasteiger partial charge is 0.389 e. The van der Waals surface area contributed by atoms with Gasteiger partial charge in [0.25, 0.3) is 0 Å². The molecule has 0 bridgehead atoms. The van der Waals surface area contributed by atoms with Crippen LogP contribution in [0, 0.1) is 0 Å². The van der Waals surface area contributed by atoms with Gasteiger partial charge in [0.2, 0.25) is 0 Å². The van der Waals surface area contributed by atoms with E-state index in [1.807, 2.05) is 12.1 Å². The summed E-state index contributed by atoms with van der Waals surface area (Å²) in [6.07, 6.45) is 2.41. The molecule has 2 N–H and O–H groups in total. The highest BCUT2D eigenvalue weighted by molar-refractivity contribution is 7.80. The number of para-hydroxylation sites is 1. The maximum atomic E-state index is 5.82. The molecule has 0 radical (unpaired) electrons. The molecular weight excluding hydrogens is 254 g/mol. The molecule has 1 fully saturated rings. The van der Waals surface area contributed by atoms with E-state index in [1.165, 1.54) is 25.9 Å². The monoisotopic (exact) mass is 277 g/mol. The van der Waals surface area contributed by atoms with Gasteiger partial charge in [-0.05, 0) is 31.5 Å². The van der Waals surface area contributed by atoms with Crippen LogP contribution in [-0.2, 0) is 0 Å². The number of piperidine rings is 1. The first kappa shape index (κ1) is 14.3. The molecule has 4 heteroatoms. The number of hydrogen-bond donors (Lipinski definition) is 1. The highest BCUT2D eigenvalue weighted by atomic mass is 32.1. The fourth-order valence-corrected chi connectivity index (χ4v) is 2.98. The van der Waals surface area contributed by atoms with E-state index in [9.17, 15) is 0 Å². The Morgan fingerprint density at radius 1 is 1.37 bits per heavy atom. The third-order valence-corrected chi connectivity index (χ3v) is 4.32. The molecule has 0 unspecified atom stereocenters. The second-order valence-corrected chi connectivity index (χ2v) is 5.60. The fraction of sp³-hybridized carbons (Fsp3) is 0.533. The van der Waals surface area contributed by atoms with E-state index in [4.69, 9.17) is 18.0 Å². The quantitative estimate of drug-likeness (QED) is 0.856. The van der Waals surface area contributed by atoms with Crippen LogP contribution in [0.25, 0.3) is 0 Å². The molecule has 104 valence electrons. The Hall–Kier alpha value is -1.13. The Bertz CT molecular complexity index is 439. The molecule has 0 spiro atoms. The first-order chi connectivity index (χ1) is 9.13. The summed E-state index contributed by atoms with van der Waals surface area (Å²) in [5, 5.41) is 0. The van der Waals surface area contributed by atoms with Crippen LogP contribution in [-0.4, -0.2) is 42.6 Å². The summed E-state index contributed by atoms with van der Waals surface area (Å²) in [4.78, 5) is 5.33. The van der Waals surface area contributed by atoms with Crippen LogP contribution >= 0.6 is 12.2 Å². The standard InChI is InChI=1S/C15H23N3S/c1-3-18-10-8-12(9-11-18)17(2)14-7-5-4-6-13(14)15(16)19/h4-7,12H,3,8-11H2,1-2H3,(H2,16,19). The van der Waals surface area contributed by atoms with Crippen molar-refractivity contribution in [1.82, 2.24) is 4.90 Å². The van der Waals surface area contributed by atoms with Crippen LogP contribution in [0.1, 0.15) is 25.3 Å². The lowest BCUT2D eigenvalue weighted by Crippen LogP contribution is -2.43. The van der Waals surface area contributed by atoms with E-state index in [0.29, 0.717) is 11.0 Å². The minimum atomic E-state index is 0.480. The first-order valence-electron chi connectivity index (χ1n) is 6.97. The van der Waals surface area contributed by atoms with Crippen LogP contribution in [0.4, 0.5) is 5.69 Å². The lowest BCUT2D eigenvalue weighted by atomic mass is 10.0. The van der Waals surface area contributed by atoms with Crippen molar-refractivity contribution in [2.75, 3.05) is 31.6 Å². The number of nitrogens with two attached hydrogens (primary N) is 1. The summed E-state index contributed by atoms with van der Waals surface area (Å²) in [6.45, 7) is 5.74. The van der Waals surface area contributed by atoms with Gasteiger partial charge in [0, 0.05) is 37.4 Å². The smallest absolute Gasteiger partial charge is 0.106 e. The maximum absolute atomic E-state index is 5.82. The van der Waals surface area contributed by atoms with E-state index < -0.39 is 0 Å². The van der Waals surface area contributed by atoms with Gasteiger partial charge in [-0.3, -0.25) is 0 Å². The molecule has 0 atom stereocenters. The topological polar surface area (TPSA) is 32.5 Å². The van der Waals surface area contributed by atoms with Crippen LogP contribution in [0.3, 0.4) is 0 Å². The number of thiocarbonyl (C=S) groups is 1. The van der Waals surface area contributed by atoms with Crippen molar-refractivity contribution >= 4 is 22.9 Å². The normalized spacial score (nSPS) is 17.4. The minimum Gasteiger partial charge on any atom is -0.389 e. The van der Waals surface area contributed by atoms with Gasteiger partial charge in [-0.25, -0.2) is 0 Å². The van der Waals surface area contributed by atoms with Gasteiger partial charge in [0.1, 0.15) is 4.99 Å². The molecule has 1 aromatic carbocycles. The van der Waals surface area contributed by atoms with Gasteiger partial charge in [0.05, 0.1) is 0 Å². The molecular formula is C15H23N3S. The van der Waals surface area contributed by atoms with E-state index in [2.05, 4.69) is 35.9 Å². The van der Waals surface area contributed by atoms with Gasteiger partial charge < -0.3 is 15.5 Å². The molecule has 19 heavy (non-hydrogen) atoms. The van der Waals surface area contributed by atoms with Crippen molar-refractivity contribution in [3.63, 3.8) is 0 Å². The summed E-state index contributed by atoms with van der Waals surface area (Å²) in [7, 11) is 2.16. The molecule has 0 aromatic heterocycles. The average Bonchev–Trinajstić information content (AvgIpc) is 2.46. The molecule has 0 amide bonds. The van der Waals surface area contributed by atoms with Crippen molar-refractivity contribution in [2.45, 2.75) is 25.8 Å². The van der Waals surface area contributed by atoms with Crippen molar-refractivity contribution in [3.05, 3.63) is 29.8 Å². The summed E-state index contributed by atoms with van der Waals surface area (Å²) in [5.41, 5.74) is 7.96. The van der Waals surface area contributed by atoms with E-state index in [-0.39, 0.29) is 0 Å². The first-order valence-corrected chi connectivity index (χ1v) is 7.38. The second-order valence-electron chi connectivity index (χ2n) is 5.16. The summed E-state index contributed by atoms with van der Waals surface area (Å²) in [6, 6.07) is 8.74. The zero-order valence-corrected chi connectivity index (χ0v) is 12.6. The zero-order valence-electron chi connectivity index (χ0n) is 11.8. The maximum Gasteiger partial charge on any atom is 0.106 e. The molecule has 0 saturated carbocycles. The SMILES string of the molecule is CCN1CCC(N(C)c2ccccc2C(N)=S)CC1. The molecule has 3 nitrogen and oxygen atoms in total.